The Morgan fingerprint density at radius 1 is 0.204 bits per heavy atom. The molecule has 0 amide bonds. The molecule has 0 atom stereocenters. The summed E-state index contributed by atoms with van der Waals surface area (Å²) in [6.45, 7) is 0. The number of benzene rings is 15. The van der Waals surface area contributed by atoms with Crippen LogP contribution in [0.1, 0.15) is 33.4 Å². The van der Waals surface area contributed by atoms with E-state index in [-0.39, 0.29) is 0 Å². The van der Waals surface area contributed by atoms with Crippen LogP contribution in [0.4, 0.5) is 17.1 Å². The van der Waals surface area contributed by atoms with Gasteiger partial charge in [0.2, 0.25) is 0 Å². The fraction of sp³-hybridized carbons (Fsp3) is 0. The Balaban J connectivity index is 0.668. The summed E-state index contributed by atoms with van der Waals surface area (Å²) in [7, 11) is 0. The molecule has 0 saturated carbocycles. The topological polar surface area (TPSA) is 41.9 Å². The second kappa shape index (κ2) is 20.5. The van der Waals surface area contributed by atoms with E-state index >= 15 is 0 Å². The van der Waals surface area contributed by atoms with E-state index in [2.05, 4.69) is 333 Å². The minimum absolute atomic E-state index is 0.879. The van der Waals surface area contributed by atoms with Gasteiger partial charge in [0.25, 0.3) is 0 Å². The molecule has 6 aliphatic carbocycles. The third-order valence-corrected chi connectivity index (χ3v) is 23.2. The lowest BCUT2D eigenvalue weighted by atomic mass is 9.94. The first-order chi connectivity index (χ1) is 51.0. The maximum Gasteiger partial charge on any atom is 0.0788 e. The summed E-state index contributed by atoms with van der Waals surface area (Å²) in [6, 6.07) is 108. The Kier molecular flexibility index (Phi) is 11.0. The molecule has 0 N–H and O–H groups in total. The Morgan fingerprint density at radius 2 is 0.495 bits per heavy atom. The molecule has 3 aromatic heterocycles. The molecule has 0 unspecified atom stereocenters. The van der Waals surface area contributed by atoms with Crippen molar-refractivity contribution < 1.29 is 0 Å². The van der Waals surface area contributed by atoms with Gasteiger partial charge in [-0.05, 0) is 217 Å². The van der Waals surface area contributed by atoms with E-state index in [1.54, 1.807) is 0 Å². The fourth-order valence-corrected chi connectivity index (χ4v) is 18.5. The number of pyridine rings is 3. The van der Waals surface area contributed by atoms with Crippen LogP contribution < -0.4 is 36.2 Å². The minimum Gasteiger partial charge on any atom is -0.308 e. The zero-order chi connectivity index (χ0) is 66.9. The van der Waals surface area contributed by atoms with Crippen LogP contribution in [-0.2, 0) is 0 Å². The summed E-state index contributed by atoms with van der Waals surface area (Å²) >= 11 is 0. The van der Waals surface area contributed by atoms with E-state index in [9.17, 15) is 0 Å². The van der Waals surface area contributed by atoms with Gasteiger partial charge in [-0.25, -0.2) is 15.0 Å². The third-order valence-electron chi connectivity index (χ3n) is 23.2. The summed E-state index contributed by atoms with van der Waals surface area (Å²) in [5.74, 6) is 0. The van der Waals surface area contributed by atoms with Gasteiger partial charge in [0.15, 0.2) is 0 Å². The van der Waals surface area contributed by atoms with Gasteiger partial charge in [-0.15, -0.1) is 0 Å². The zero-order valence-electron chi connectivity index (χ0n) is 55.5. The van der Waals surface area contributed by atoms with E-state index < -0.39 is 0 Å². The molecule has 0 radical (unpaired) electrons. The van der Waals surface area contributed by atoms with Crippen LogP contribution in [0, 0.1) is 31.3 Å². The predicted molar refractivity (Wildman–Crippen MR) is 424 cm³/mol. The summed E-state index contributed by atoms with van der Waals surface area (Å²) < 4.78 is 0. The molecule has 4 heteroatoms. The Labute approximate surface area is 589 Å². The molecule has 6 aliphatic rings. The van der Waals surface area contributed by atoms with Gasteiger partial charge < -0.3 is 4.90 Å². The van der Waals surface area contributed by atoms with Crippen LogP contribution in [0.25, 0.3) is 169 Å². The van der Waals surface area contributed by atoms with Crippen molar-refractivity contribution in [3.63, 3.8) is 0 Å². The van der Waals surface area contributed by atoms with Crippen molar-refractivity contribution in [2.24, 2.45) is 0 Å². The number of nitrogens with zero attached hydrogens (tertiary/aromatic N) is 4. The van der Waals surface area contributed by atoms with Gasteiger partial charge in [-0.2, -0.15) is 0 Å². The number of rotatable bonds is 6. The Hall–Kier alpha value is -13.7. The normalized spacial score (nSPS) is 12.9. The maximum atomic E-state index is 5.76. The molecule has 0 bridgehead atoms. The highest BCUT2D eigenvalue weighted by Crippen LogP contribution is 2.49. The number of hydrogen-bond donors (Lipinski definition) is 0. The highest BCUT2D eigenvalue weighted by Gasteiger charge is 2.29. The molecular weight excluding hydrogens is 1250 g/mol. The largest absolute Gasteiger partial charge is 0.308 e. The average molecular weight is 1300 g/mol. The van der Waals surface area contributed by atoms with Gasteiger partial charge in [0.05, 0.1) is 51.2 Å². The van der Waals surface area contributed by atoms with E-state index in [0.29, 0.717) is 0 Å². The van der Waals surface area contributed by atoms with Gasteiger partial charge in [0.1, 0.15) is 0 Å². The molecular formula is C99H54N4. The molecule has 103 heavy (non-hydrogen) atoms. The fourth-order valence-electron chi connectivity index (χ4n) is 18.5. The van der Waals surface area contributed by atoms with Crippen molar-refractivity contribution in [1.29, 1.82) is 0 Å². The SMILES string of the molecule is C1=c2ccccc2=c2ccc3ccc4c5c(ccc4c3c21)-c1nc(-c2ccccc2N(c2ccccc2-c2ccc3c(n2)-c2ccc4c(ccc6ccc7c(c64)C=c4ccccc4=7)c2=C3)c2ccccc2-c2ccc3c(n2)-c2ccc4c(ccc6ccc7c(c64)C=c4ccccc4=7)c2=C3)ccc1C=5. The lowest BCUT2D eigenvalue weighted by Gasteiger charge is -2.31. The summed E-state index contributed by atoms with van der Waals surface area (Å²) in [4.78, 5) is 19.7. The molecule has 18 aromatic rings. The van der Waals surface area contributed by atoms with E-state index in [0.717, 1.165) is 101 Å². The second-order valence-corrected chi connectivity index (χ2v) is 28.4. The van der Waals surface area contributed by atoms with Crippen LogP contribution in [0.2, 0.25) is 0 Å². The zero-order valence-corrected chi connectivity index (χ0v) is 55.5. The minimum atomic E-state index is 0.879. The average Bonchev–Trinajstić information content (AvgIpc) is 1.62. The van der Waals surface area contributed by atoms with Crippen molar-refractivity contribution in [1.82, 2.24) is 15.0 Å². The van der Waals surface area contributed by atoms with Crippen molar-refractivity contribution in [3.8, 4) is 67.5 Å². The molecule has 3 heterocycles. The summed E-state index contributed by atoms with van der Waals surface area (Å²) in [6.07, 6.45) is 14.2. The van der Waals surface area contributed by atoms with E-state index in [1.807, 2.05) is 0 Å². The molecule has 4 nitrogen and oxygen atoms in total. The summed E-state index contributed by atoms with van der Waals surface area (Å²) in [5, 5.41) is 30.3. The first-order valence-electron chi connectivity index (χ1n) is 35.6. The lowest BCUT2D eigenvalue weighted by Crippen LogP contribution is -2.14. The Bertz CT molecular complexity index is 7150. The van der Waals surface area contributed by atoms with Crippen LogP contribution in [-0.4, -0.2) is 15.0 Å². The van der Waals surface area contributed by atoms with Crippen LogP contribution >= 0.6 is 0 Å². The van der Waals surface area contributed by atoms with Crippen molar-refractivity contribution >= 4 is 118 Å². The highest BCUT2D eigenvalue weighted by atomic mass is 15.2. The number of fused-ring (bicyclic) bond motifs is 30. The van der Waals surface area contributed by atoms with Crippen LogP contribution in [0.3, 0.4) is 0 Å². The first-order valence-corrected chi connectivity index (χ1v) is 35.6. The Morgan fingerprint density at radius 3 is 0.835 bits per heavy atom. The number of hydrogen-bond acceptors (Lipinski definition) is 4. The van der Waals surface area contributed by atoms with Gasteiger partial charge in [0, 0.05) is 50.1 Å². The lowest BCUT2D eigenvalue weighted by molar-refractivity contribution is 1.24. The third kappa shape index (κ3) is 7.70. The van der Waals surface area contributed by atoms with Crippen LogP contribution in [0.5, 0.6) is 0 Å². The standard InChI is InChI=1S/C99H54N4/c1-4-16-64-58(13-1)49-85-67(64)34-25-55-28-37-70-73(94(55)85)40-43-76-82(70)52-61-31-46-88(100-97(61)76)79-19-7-10-22-91(79)103(92-23-11-8-20-80(92)89-47-32-62-53-83-71-38-29-56-26-35-68-65-17-5-2-14-59(65)50-86(68)95(56)74(71)41-44-77(83)98(62)101-89)93-24-12-9-21-81(93)90-48-33-63-54-84-72-39-30-57-27-36-69-66-18-6-3-15-60(66)51-87(69)96(57)75(72)42-45-78(84)99(63)102-90/h1-54H. The monoisotopic (exact) mass is 1300 g/mol. The molecule has 15 aromatic carbocycles. The summed E-state index contributed by atoms with van der Waals surface area (Å²) in [5.41, 5.74) is 22.1. The van der Waals surface area contributed by atoms with Crippen molar-refractivity contribution in [2.75, 3.05) is 4.90 Å². The predicted octanol–water partition coefficient (Wildman–Crippen LogP) is 19.0. The maximum absolute atomic E-state index is 5.76. The smallest absolute Gasteiger partial charge is 0.0788 e. The van der Waals surface area contributed by atoms with Crippen molar-refractivity contribution in [2.45, 2.75) is 0 Å². The molecule has 24 rings (SSSR count). The second-order valence-electron chi connectivity index (χ2n) is 28.4. The number of anilines is 3. The van der Waals surface area contributed by atoms with E-state index in [4.69, 9.17) is 15.0 Å². The number of para-hydroxylation sites is 3. The van der Waals surface area contributed by atoms with Gasteiger partial charge >= 0.3 is 0 Å². The van der Waals surface area contributed by atoms with Crippen LogP contribution in [0.15, 0.2) is 291 Å². The quantitative estimate of drug-likeness (QED) is 0.156. The highest BCUT2D eigenvalue weighted by molar-refractivity contribution is 6.16. The molecule has 0 aliphatic heterocycles. The molecule has 0 spiro atoms. The first kappa shape index (κ1) is 55.2. The molecule has 0 fully saturated rings. The van der Waals surface area contributed by atoms with Crippen molar-refractivity contribution in [3.05, 3.63) is 387 Å². The molecule has 0 saturated heterocycles. The number of aromatic nitrogens is 3. The van der Waals surface area contributed by atoms with Gasteiger partial charge in [-0.1, -0.05) is 255 Å². The molecule has 470 valence electrons. The van der Waals surface area contributed by atoms with Gasteiger partial charge in [-0.3, -0.25) is 0 Å². The van der Waals surface area contributed by atoms with E-state index in [1.165, 1.54) is 144 Å².